The van der Waals surface area contributed by atoms with E-state index in [-0.39, 0.29) is 6.04 Å². The Morgan fingerprint density at radius 1 is 1.39 bits per heavy atom. The number of fused-ring (bicyclic) bond motifs is 1. The zero-order valence-electron chi connectivity index (χ0n) is 17.4. The van der Waals surface area contributed by atoms with Gasteiger partial charge in [0.25, 0.3) is 12.3 Å². The summed E-state index contributed by atoms with van der Waals surface area (Å²) in [6, 6.07) is 1.42. The summed E-state index contributed by atoms with van der Waals surface area (Å²) in [4.78, 5) is 18.0. The summed E-state index contributed by atoms with van der Waals surface area (Å²) < 4.78 is 35.6. The van der Waals surface area contributed by atoms with Crippen LogP contribution in [-0.4, -0.2) is 59.8 Å². The molecule has 0 aliphatic heterocycles. The molecule has 3 heterocycles. The van der Waals surface area contributed by atoms with Gasteiger partial charge in [-0.3, -0.25) is 9.48 Å². The number of nitrogens with zero attached hydrogens (tertiary/aromatic N) is 6. The molecule has 3 aromatic heterocycles. The molecule has 10 heteroatoms. The lowest BCUT2D eigenvalue weighted by Gasteiger charge is -2.48. The number of aromatic nitrogens is 5. The fourth-order valence-corrected chi connectivity index (χ4v) is 3.86. The maximum absolute atomic E-state index is 13.0. The predicted molar refractivity (Wildman–Crippen MR) is 108 cm³/mol. The maximum atomic E-state index is 13.0. The van der Waals surface area contributed by atoms with Crippen molar-refractivity contribution in [1.29, 1.82) is 0 Å². The smallest absolute Gasteiger partial charge is 0.298 e. The summed E-state index contributed by atoms with van der Waals surface area (Å²) in [6.07, 6.45) is 5.15. The lowest BCUT2D eigenvalue weighted by Crippen LogP contribution is -2.58. The van der Waals surface area contributed by atoms with Gasteiger partial charge < -0.3 is 9.64 Å². The lowest BCUT2D eigenvalue weighted by atomic mass is 9.76. The first-order valence-corrected chi connectivity index (χ1v) is 9.82. The second kappa shape index (κ2) is 7.98. The normalized spacial score (nSPS) is 20.3. The zero-order valence-corrected chi connectivity index (χ0v) is 17.4. The standard InChI is InChI=1S/C21H22F2N6O2/c1-4-5-19(30)28(13-18(22)23)15-8-21(2,9-15)31-20-17-6-7-24-29(17)12-16(26-20)14-10-25-27(3)11-14/h6-7,10-12,15,18H,8-9,13H2,1-3H3/t15-,21+. The van der Waals surface area contributed by atoms with Gasteiger partial charge in [0.15, 0.2) is 0 Å². The number of amides is 1. The number of carbonyl (C=O) groups excluding carboxylic acids is 1. The van der Waals surface area contributed by atoms with E-state index >= 15 is 0 Å². The number of hydrogen-bond acceptors (Lipinski definition) is 5. The molecule has 1 aliphatic carbocycles. The molecule has 4 rings (SSSR count). The summed E-state index contributed by atoms with van der Waals surface area (Å²) in [7, 11) is 1.82. The molecule has 0 spiro atoms. The van der Waals surface area contributed by atoms with Gasteiger partial charge in [0.05, 0.1) is 30.8 Å². The molecule has 8 nitrogen and oxygen atoms in total. The van der Waals surface area contributed by atoms with Crippen LogP contribution in [0.2, 0.25) is 0 Å². The van der Waals surface area contributed by atoms with Crippen molar-refractivity contribution in [2.75, 3.05) is 6.54 Å². The summed E-state index contributed by atoms with van der Waals surface area (Å²) >= 11 is 0. The molecule has 0 saturated heterocycles. The molecule has 3 aromatic rings. The topological polar surface area (TPSA) is 77.6 Å². The number of aryl methyl sites for hydroxylation is 1. The van der Waals surface area contributed by atoms with Crippen LogP contribution < -0.4 is 4.74 Å². The molecule has 0 unspecified atom stereocenters. The number of halogens is 2. The van der Waals surface area contributed by atoms with Crippen molar-refractivity contribution in [2.45, 2.75) is 44.8 Å². The third-order valence-corrected chi connectivity index (χ3v) is 5.30. The summed E-state index contributed by atoms with van der Waals surface area (Å²) in [6.45, 7) is 2.74. The third-order valence-electron chi connectivity index (χ3n) is 5.30. The molecule has 0 radical (unpaired) electrons. The average molecular weight is 428 g/mol. The molecule has 0 bridgehead atoms. The highest BCUT2D eigenvalue weighted by Crippen LogP contribution is 2.40. The van der Waals surface area contributed by atoms with Crippen LogP contribution in [0, 0.1) is 11.8 Å². The number of ether oxygens (including phenoxy) is 1. The van der Waals surface area contributed by atoms with E-state index in [1.165, 1.54) is 6.92 Å². The van der Waals surface area contributed by atoms with Gasteiger partial charge in [-0.25, -0.2) is 18.3 Å². The Bertz CT molecular complexity index is 1170. The minimum absolute atomic E-state index is 0.366. The minimum Gasteiger partial charge on any atom is -0.470 e. The zero-order chi connectivity index (χ0) is 22.2. The molecule has 1 fully saturated rings. The Hall–Kier alpha value is -3.48. The van der Waals surface area contributed by atoms with Crippen molar-refractivity contribution in [3.05, 3.63) is 30.9 Å². The largest absolute Gasteiger partial charge is 0.470 e. The number of hydrogen-bond donors (Lipinski definition) is 0. The van der Waals surface area contributed by atoms with Crippen LogP contribution in [0.15, 0.2) is 30.9 Å². The Kier molecular flexibility index (Phi) is 5.35. The van der Waals surface area contributed by atoms with Crippen LogP contribution in [0.4, 0.5) is 8.78 Å². The fourth-order valence-electron chi connectivity index (χ4n) is 3.86. The van der Waals surface area contributed by atoms with Crippen LogP contribution >= 0.6 is 0 Å². The first kappa shape index (κ1) is 20.8. The van der Waals surface area contributed by atoms with E-state index in [1.807, 2.05) is 20.2 Å². The van der Waals surface area contributed by atoms with Crippen LogP contribution in [0.25, 0.3) is 16.8 Å². The molecule has 1 aliphatic rings. The van der Waals surface area contributed by atoms with Crippen molar-refractivity contribution < 1.29 is 18.3 Å². The Balaban J connectivity index is 1.56. The highest BCUT2D eigenvalue weighted by atomic mass is 19.3. The molecule has 0 N–H and O–H groups in total. The first-order valence-electron chi connectivity index (χ1n) is 9.82. The molecule has 31 heavy (non-hydrogen) atoms. The van der Waals surface area contributed by atoms with Crippen molar-refractivity contribution >= 4 is 11.4 Å². The van der Waals surface area contributed by atoms with Gasteiger partial charge in [0.2, 0.25) is 5.88 Å². The Morgan fingerprint density at radius 3 is 2.81 bits per heavy atom. The van der Waals surface area contributed by atoms with Gasteiger partial charge in [0, 0.05) is 37.7 Å². The van der Waals surface area contributed by atoms with Crippen molar-refractivity contribution in [2.24, 2.45) is 7.05 Å². The monoisotopic (exact) mass is 428 g/mol. The SMILES string of the molecule is CC#CC(=O)N(CC(F)F)[C@H]1C[C@@](C)(Oc2nc(-c3cnn(C)c3)cn3nccc23)C1. The number of alkyl halides is 2. The van der Waals surface area contributed by atoms with Crippen LogP contribution in [0.5, 0.6) is 5.88 Å². The van der Waals surface area contributed by atoms with E-state index in [0.29, 0.717) is 29.9 Å². The van der Waals surface area contributed by atoms with Gasteiger partial charge >= 0.3 is 0 Å². The molecule has 1 amide bonds. The minimum atomic E-state index is -2.63. The molecule has 0 aromatic carbocycles. The van der Waals surface area contributed by atoms with Gasteiger partial charge in [-0.1, -0.05) is 5.92 Å². The lowest BCUT2D eigenvalue weighted by molar-refractivity contribution is -0.138. The van der Waals surface area contributed by atoms with E-state index < -0.39 is 24.5 Å². The Labute approximate surface area is 177 Å². The van der Waals surface area contributed by atoms with E-state index in [0.717, 1.165) is 10.5 Å². The van der Waals surface area contributed by atoms with Gasteiger partial charge in [0.1, 0.15) is 11.1 Å². The second-order valence-corrected chi connectivity index (χ2v) is 7.83. The van der Waals surface area contributed by atoms with Crippen molar-refractivity contribution in [1.82, 2.24) is 29.3 Å². The Morgan fingerprint density at radius 2 is 2.16 bits per heavy atom. The number of carbonyl (C=O) groups is 1. The molecule has 0 atom stereocenters. The van der Waals surface area contributed by atoms with Crippen LogP contribution in [0.1, 0.15) is 26.7 Å². The van der Waals surface area contributed by atoms with E-state index in [1.54, 1.807) is 33.9 Å². The van der Waals surface area contributed by atoms with E-state index in [4.69, 9.17) is 4.74 Å². The maximum Gasteiger partial charge on any atom is 0.298 e. The van der Waals surface area contributed by atoms with E-state index in [9.17, 15) is 13.6 Å². The molecular formula is C21H22F2N6O2. The first-order chi connectivity index (χ1) is 14.8. The van der Waals surface area contributed by atoms with Crippen LogP contribution in [-0.2, 0) is 11.8 Å². The fraction of sp³-hybridized carbons (Fsp3) is 0.429. The highest BCUT2D eigenvalue weighted by molar-refractivity contribution is 5.93. The van der Waals surface area contributed by atoms with Crippen molar-refractivity contribution in [3.63, 3.8) is 0 Å². The second-order valence-electron chi connectivity index (χ2n) is 7.83. The third kappa shape index (κ3) is 4.21. The summed E-state index contributed by atoms with van der Waals surface area (Å²) in [5, 5.41) is 8.46. The molecule has 1 saturated carbocycles. The van der Waals surface area contributed by atoms with Gasteiger partial charge in [-0.2, -0.15) is 10.2 Å². The summed E-state index contributed by atoms with van der Waals surface area (Å²) in [5.74, 6) is 4.63. The number of rotatable bonds is 6. The molecular weight excluding hydrogens is 406 g/mol. The van der Waals surface area contributed by atoms with Gasteiger partial charge in [-0.15, -0.1) is 0 Å². The predicted octanol–water partition coefficient (Wildman–Crippen LogP) is 2.55. The quantitative estimate of drug-likeness (QED) is 0.564. The summed E-state index contributed by atoms with van der Waals surface area (Å²) in [5.41, 5.74) is 1.49. The van der Waals surface area contributed by atoms with Crippen LogP contribution in [0.3, 0.4) is 0 Å². The highest BCUT2D eigenvalue weighted by Gasteiger charge is 2.47. The van der Waals surface area contributed by atoms with Gasteiger partial charge in [-0.05, 0) is 25.8 Å². The van der Waals surface area contributed by atoms with Crippen molar-refractivity contribution in [3.8, 4) is 29.0 Å². The molecule has 162 valence electrons. The average Bonchev–Trinajstić information content (AvgIpc) is 3.33. The van der Waals surface area contributed by atoms with E-state index in [2.05, 4.69) is 27.0 Å².